The van der Waals surface area contributed by atoms with E-state index >= 15 is 0 Å². The lowest BCUT2D eigenvalue weighted by Crippen LogP contribution is -2.09. The maximum absolute atomic E-state index is 11.6. The van der Waals surface area contributed by atoms with Gasteiger partial charge in [-0.1, -0.05) is 13.0 Å². The van der Waals surface area contributed by atoms with Crippen LogP contribution in [0.15, 0.2) is 15.3 Å². The van der Waals surface area contributed by atoms with Crippen molar-refractivity contribution in [2.24, 2.45) is 5.92 Å². The fourth-order valence-electron chi connectivity index (χ4n) is 1.75. The lowest BCUT2D eigenvalue weighted by atomic mass is 10.1. The molecule has 0 radical (unpaired) electrons. The summed E-state index contributed by atoms with van der Waals surface area (Å²) < 4.78 is 10.4. The van der Waals surface area contributed by atoms with E-state index < -0.39 is 5.63 Å². The number of ether oxygens (including phenoxy) is 1. The third kappa shape index (κ3) is 3.01. The SMILES string of the molecule is CCC(C=Cc1oc(=O)c(C)c(OC)c1C)CO. The third-order valence-corrected chi connectivity index (χ3v) is 3.04. The second-order valence-electron chi connectivity index (χ2n) is 4.25. The summed E-state index contributed by atoms with van der Waals surface area (Å²) in [6.07, 6.45) is 4.41. The minimum Gasteiger partial charge on any atom is -0.496 e. The average molecular weight is 252 g/mol. The van der Waals surface area contributed by atoms with Crippen LogP contribution in [0.5, 0.6) is 5.75 Å². The molecule has 1 heterocycles. The second-order valence-corrected chi connectivity index (χ2v) is 4.25. The van der Waals surface area contributed by atoms with Crippen molar-refractivity contribution < 1.29 is 14.3 Å². The molecule has 0 saturated carbocycles. The highest BCUT2D eigenvalue weighted by Crippen LogP contribution is 2.24. The first kappa shape index (κ1) is 14.5. The molecule has 0 aromatic carbocycles. The van der Waals surface area contributed by atoms with Gasteiger partial charge in [0.15, 0.2) is 0 Å². The van der Waals surface area contributed by atoms with E-state index in [4.69, 9.17) is 14.3 Å². The maximum Gasteiger partial charge on any atom is 0.342 e. The number of hydrogen-bond donors (Lipinski definition) is 1. The highest BCUT2D eigenvalue weighted by Gasteiger charge is 2.12. The molecule has 100 valence electrons. The molecule has 1 N–H and O–H groups in total. The van der Waals surface area contributed by atoms with Gasteiger partial charge in [-0.3, -0.25) is 0 Å². The van der Waals surface area contributed by atoms with E-state index in [0.717, 1.165) is 12.0 Å². The highest BCUT2D eigenvalue weighted by atomic mass is 16.5. The van der Waals surface area contributed by atoms with Gasteiger partial charge in [0, 0.05) is 18.1 Å². The molecular weight excluding hydrogens is 232 g/mol. The van der Waals surface area contributed by atoms with Crippen LogP contribution in [0.4, 0.5) is 0 Å². The lowest BCUT2D eigenvalue weighted by Gasteiger charge is -2.09. The summed E-state index contributed by atoms with van der Waals surface area (Å²) in [7, 11) is 1.53. The molecule has 1 aromatic rings. The van der Waals surface area contributed by atoms with Crippen molar-refractivity contribution in [3.63, 3.8) is 0 Å². The van der Waals surface area contributed by atoms with Gasteiger partial charge >= 0.3 is 5.63 Å². The zero-order valence-electron chi connectivity index (χ0n) is 11.3. The molecule has 0 aliphatic carbocycles. The van der Waals surface area contributed by atoms with E-state index in [2.05, 4.69) is 0 Å². The predicted molar refractivity (Wildman–Crippen MR) is 70.9 cm³/mol. The van der Waals surface area contributed by atoms with Crippen LogP contribution in [0.25, 0.3) is 6.08 Å². The summed E-state index contributed by atoms with van der Waals surface area (Å²) in [6.45, 7) is 5.59. The Balaban J connectivity index is 3.18. The molecule has 4 nitrogen and oxygen atoms in total. The number of methoxy groups -OCH3 is 1. The van der Waals surface area contributed by atoms with Crippen LogP contribution < -0.4 is 10.4 Å². The van der Waals surface area contributed by atoms with Crippen molar-refractivity contribution in [3.8, 4) is 5.75 Å². The molecule has 1 rings (SSSR count). The Morgan fingerprint density at radius 1 is 1.39 bits per heavy atom. The van der Waals surface area contributed by atoms with Crippen molar-refractivity contribution in [3.05, 3.63) is 33.4 Å². The van der Waals surface area contributed by atoms with Gasteiger partial charge in [0.25, 0.3) is 0 Å². The van der Waals surface area contributed by atoms with Gasteiger partial charge in [0.05, 0.1) is 12.7 Å². The first-order chi connectivity index (χ1) is 8.54. The van der Waals surface area contributed by atoms with E-state index in [0.29, 0.717) is 17.1 Å². The molecule has 1 unspecified atom stereocenters. The predicted octanol–water partition coefficient (Wildman–Crippen LogP) is 2.30. The Kier molecular flexibility index (Phi) is 5.16. The van der Waals surface area contributed by atoms with Crippen LogP contribution in [0, 0.1) is 19.8 Å². The topological polar surface area (TPSA) is 59.7 Å². The zero-order valence-corrected chi connectivity index (χ0v) is 11.3. The standard InChI is InChI=1S/C14H20O4/c1-5-11(8-15)6-7-12-9(2)13(17-4)10(3)14(16)18-12/h6-7,11,15H,5,8H2,1-4H3. The average Bonchev–Trinajstić information content (AvgIpc) is 2.37. The molecule has 0 bridgehead atoms. The van der Waals surface area contributed by atoms with Gasteiger partial charge in [0.1, 0.15) is 11.5 Å². The Hall–Kier alpha value is -1.55. The number of rotatable bonds is 5. The molecule has 0 amide bonds. The lowest BCUT2D eigenvalue weighted by molar-refractivity contribution is 0.250. The van der Waals surface area contributed by atoms with Crippen LogP contribution in [0.2, 0.25) is 0 Å². The normalized spacial score (nSPS) is 12.9. The highest BCUT2D eigenvalue weighted by molar-refractivity contribution is 5.53. The molecule has 18 heavy (non-hydrogen) atoms. The summed E-state index contributed by atoms with van der Waals surface area (Å²) in [4.78, 5) is 11.6. The van der Waals surface area contributed by atoms with Gasteiger partial charge in [-0.2, -0.15) is 0 Å². The Morgan fingerprint density at radius 2 is 2.06 bits per heavy atom. The fourth-order valence-corrected chi connectivity index (χ4v) is 1.75. The Labute approximate surface area is 107 Å². The molecule has 1 aromatic heterocycles. The Morgan fingerprint density at radius 3 is 2.56 bits per heavy atom. The second kappa shape index (κ2) is 6.40. The number of aliphatic hydroxyl groups is 1. The summed E-state index contributed by atoms with van der Waals surface area (Å²) in [5.74, 6) is 1.11. The van der Waals surface area contributed by atoms with E-state index in [9.17, 15) is 4.79 Å². The number of aliphatic hydroxyl groups excluding tert-OH is 1. The fraction of sp³-hybridized carbons (Fsp3) is 0.500. The summed E-state index contributed by atoms with van der Waals surface area (Å²) in [5.41, 5.74) is 0.870. The van der Waals surface area contributed by atoms with Crippen molar-refractivity contribution in [2.45, 2.75) is 27.2 Å². The first-order valence-electron chi connectivity index (χ1n) is 6.02. The van der Waals surface area contributed by atoms with Crippen LogP contribution in [-0.2, 0) is 0 Å². The Bertz CT molecular complexity index is 481. The zero-order chi connectivity index (χ0) is 13.7. The molecule has 1 atom stereocenters. The van der Waals surface area contributed by atoms with Gasteiger partial charge in [-0.15, -0.1) is 0 Å². The van der Waals surface area contributed by atoms with Gasteiger partial charge in [0.2, 0.25) is 0 Å². The molecule has 4 heteroatoms. The monoisotopic (exact) mass is 252 g/mol. The number of hydrogen-bond acceptors (Lipinski definition) is 4. The van der Waals surface area contributed by atoms with Crippen LogP contribution in [0.3, 0.4) is 0 Å². The van der Waals surface area contributed by atoms with Gasteiger partial charge in [-0.05, 0) is 26.3 Å². The van der Waals surface area contributed by atoms with Gasteiger partial charge in [-0.25, -0.2) is 4.79 Å². The van der Waals surface area contributed by atoms with E-state index in [1.165, 1.54) is 7.11 Å². The van der Waals surface area contributed by atoms with Gasteiger partial charge < -0.3 is 14.3 Å². The van der Waals surface area contributed by atoms with Crippen molar-refractivity contribution in [1.29, 1.82) is 0 Å². The summed E-state index contributed by atoms with van der Waals surface area (Å²) >= 11 is 0. The first-order valence-corrected chi connectivity index (χ1v) is 6.02. The van der Waals surface area contributed by atoms with Crippen molar-refractivity contribution in [2.75, 3.05) is 13.7 Å². The van der Waals surface area contributed by atoms with Crippen LogP contribution in [-0.4, -0.2) is 18.8 Å². The molecule has 0 spiro atoms. The minimum absolute atomic E-state index is 0.0713. The van der Waals surface area contributed by atoms with E-state index in [1.54, 1.807) is 13.0 Å². The minimum atomic E-state index is -0.394. The van der Waals surface area contributed by atoms with E-state index in [-0.39, 0.29) is 12.5 Å². The molecule has 0 fully saturated rings. The maximum atomic E-state index is 11.6. The largest absolute Gasteiger partial charge is 0.496 e. The quantitative estimate of drug-likeness (QED) is 0.873. The summed E-state index contributed by atoms with van der Waals surface area (Å²) in [5, 5.41) is 9.10. The van der Waals surface area contributed by atoms with Crippen molar-refractivity contribution in [1.82, 2.24) is 0 Å². The van der Waals surface area contributed by atoms with Crippen molar-refractivity contribution >= 4 is 6.08 Å². The third-order valence-electron chi connectivity index (χ3n) is 3.04. The molecule has 0 aliphatic heterocycles. The molecule has 0 saturated heterocycles. The van der Waals surface area contributed by atoms with Crippen LogP contribution in [0.1, 0.15) is 30.2 Å². The summed E-state index contributed by atoms with van der Waals surface area (Å²) in [6, 6.07) is 0. The molecule has 0 aliphatic rings. The van der Waals surface area contributed by atoms with E-state index in [1.807, 2.05) is 19.9 Å². The molecular formula is C14H20O4. The smallest absolute Gasteiger partial charge is 0.342 e. The van der Waals surface area contributed by atoms with Crippen LogP contribution >= 0.6 is 0 Å².